The van der Waals surface area contributed by atoms with E-state index in [9.17, 15) is 19.5 Å². The van der Waals surface area contributed by atoms with Crippen molar-refractivity contribution < 1.29 is 29.0 Å². The monoisotopic (exact) mass is 595 g/mol. The summed E-state index contributed by atoms with van der Waals surface area (Å²) >= 11 is 0. The fourth-order valence-corrected chi connectivity index (χ4v) is 7.62. The summed E-state index contributed by atoms with van der Waals surface area (Å²) in [6, 6.07) is 6.22. The predicted molar refractivity (Wildman–Crippen MR) is 168 cm³/mol. The highest BCUT2D eigenvalue weighted by molar-refractivity contribution is 6.05. The standard InChI is InChI=1S/C34H49N3O6/c1-7-13-14-22-42-32(41)28-27-30(39)37(24(9-3)23-38)29(34(27)20-19-33(28,10-4)43-34)31(40)36(21-8-2)26-17-15-25(16-18-26)35(11-5)12-6/h7-8,15-18,24,27-29,38H,1-2,9-14,19-23H2,3-6H3/t24-,27-,28-,29?,33+,34?/m0/s1. The minimum Gasteiger partial charge on any atom is -0.465 e. The van der Waals surface area contributed by atoms with Crippen LogP contribution in [0.4, 0.5) is 11.4 Å². The normalized spacial score (nSPS) is 28.0. The van der Waals surface area contributed by atoms with Crippen LogP contribution in [0, 0.1) is 11.8 Å². The Kier molecular flexibility index (Phi) is 10.4. The summed E-state index contributed by atoms with van der Waals surface area (Å²) in [5, 5.41) is 10.4. The predicted octanol–water partition coefficient (Wildman–Crippen LogP) is 4.49. The van der Waals surface area contributed by atoms with Crippen molar-refractivity contribution in [2.45, 2.75) is 89.5 Å². The molecule has 1 spiro atoms. The Balaban J connectivity index is 1.77. The lowest BCUT2D eigenvalue weighted by Crippen LogP contribution is -2.59. The first-order valence-corrected chi connectivity index (χ1v) is 15.9. The molecular weight excluding hydrogens is 546 g/mol. The number of hydrogen-bond acceptors (Lipinski definition) is 7. The number of anilines is 2. The third kappa shape index (κ3) is 5.50. The van der Waals surface area contributed by atoms with Crippen LogP contribution < -0.4 is 9.80 Å². The van der Waals surface area contributed by atoms with Crippen molar-refractivity contribution >= 4 is 29.2 Å². The summed E-state index contributed by atoms with van der Waals surface area (Å²) < 4.78 is 12.6. The highest BCUT2D eigenvalue weighted by Gasteiger charge is 2.79. The van der Waals surface area contributed by atoms with Crippen LogP contribution in [-0.2, 0) is 23.9 Å². The van der Waals surface area contributed by atoms with Crippen LogP contribution in [-0.4, -0.2) is 83.9 Å². The summed E-state index contributed by atoms with van der Waals surface area (Å²) in [4.78, 5) is 48.3. The second kappa shape index (κ2) is 13.6. The molecule has 3 heterocycles. The lowest BCUT2D eigenvalue weighted by molar-refractivity contribution is -0.162. The third-order valence-corrected chi connectivity index (χ3v) is 9.85. The molecule has 3 fully saturated rings. The molecule has 3 saturated heterocycles. The van der Waals surface area contributed by atoms with E-state index < -0.39 is 41.1 Å². The maximum Gasteiger partial charge on any atom is 0.312 e. The highest BCUT2D eigenvalue weighted by Crippen LogP contribution is 2.65. The van der Waals surface area contributed by atoms with Crippen LogP contribution in [0.3, 0.4) is 0 Å². The fraction of sp³-hybridized carbons (Fsp3) is 0.618. The van der Waals surface area contributed by atoms with Crippen molar-refractivity contribution in [1.82, 2.24) is 4.90 Å². The Bertz CT molecular complexity index is 1180. The molecule has 9 nitrogen and oxygen atoms in total. The topological polar surface area (TPSA) is 99.6 Å². The van der Waals surface area contributed by atoms with E-state index in [0.29, 0.717) is 44.2 Å². The van der Waals surface area contributed by atoms with Gasteiger partial charge in [-0.25, -0.2) is 0 Å². The number of aliphatic hydroxyl groups excluding tert-OH is 1. The lowest BCUT2D eigenvalue weighted by Gasteiger charge is -2.39. The fourth-order valence-electron chi connectivity index (χ4n) is 7.62. The Morgan fingerprint density at radius 3 is 2.35 bits per heavy atom. The number of ether oxygens (including phenoxy) is 2. The van der Waals surface area contributed by atoms with Crippen molar-refractivity contribution in [1.29, 1.82) is 0 Å². The number of benzene rings is 1. The molecule has 0 radical (unpaired) electrons. The molecule has 6 atom stereocenters. The van der Waals surface area contributed by atoms with Gasteiger partial charge in [0.05, 0.1) is 30.8 Å². The number of likely N-dealkylation sites (tertiary alicyclic amines) is 1. The second-order valence-corrected chi connectivity index (χ2v) is 11.8. The van der Waals surface area contributed by atoms with Crippen molar-refractivity contribution in [3.63, 3.8) is 0 Å². The van der Waals surface area contributed by atoms with E-state index >= 15 is 0 Å². The van der Waals surface area contributed by atoms with Gasteiger partial charge in [0, 0.05) is 31.0 Å². The molecule has 3 aliphatic heterocycles. The smallest absolute Gasteiger partial charge is 0.312 e. The van der Waals surface area contributed by atoms with Crippen molar-refractivity contribution in [3.05, 3.63) is 49.6 Å². The number of esters is 1. The van der Waals surface area contributed by atoms with Crippen LogP contribution in [0.15, 0.2) is 49.6 Å². The summed E-state index contributed by atoms with van der Waals surface area (Å²) in [6.45, 7) is 17.5. The molecule has 0 saturated carbocycles. The molecule has 2 amide bonds. The molecule has 2 unspecified atom stereocenters. The first-order valence-electron chi connectivity index (χ1n) is 15.9. The first-order chi connectivity index (χ1) is 20.7. The van der Waals surface area contributed by atoms with Gasteiger partial charge in [-0.3, -0.25) is 14.4 Å². The van der Waals surface area contributed by atoms with Gasteiger partial charge in [0.15, 0.2) is 0 Å². The van der Waals surface area contributed by atoms with E-state index in [2.05, 4.69) is 31.9 Å². The van der Waals surface area contributed by atoms with E-state index in [4.69, 9.17) is 9.47 Å². The lowest BCUT2D eigenvalue weighted by atomic mass is 9.65. The number of rotatable bonds is 16. The number of aliphatic hydroxyl groups is 1. The van der Waals surface area contributed by atoms with Gasteiger partial charge in [0.1, 0.15) is 17.6 Å². The van der Waals surface area contributed by atoms with Gasteiger partial charge in [-0.2, -0.15) is 0 Å². The Hall–Kier alpha value is -3.17. The SMILES string of the molecule is C=CCCCOC(=O)[C@@H]1[C@H]2C(=O)N([C@@H](CC)CO)C(C(=O)N(CC=C)c3ccc(N(CC)CC)cc3)C23CC[C@@]1(CC)O3. The summed E-state index contributed by atoms with van der Waals surface area (Å²) in [5.74, 6) is -2.76. The minimum atomic E-state index is -1.20. The van der Waals surface area contributed by atoms with Crippen LogP contribution >= 0.6 is 0 Å². The van der Waals surface area contributed by atoms with E-state index in [1.165, 1.54) is 4.90 Å². The van der Waals surface area contributed by atoms with Crippen LogP contribution in [0.2, 0.25) is 0 Å². The summed E-state index contributed by atoms with van der Waals surface area (Å²) in [6.07, 6.45) is 6.79. The Labute approximate surface area is 256 Å². The zero-order chi connectivity index (χ0) is 31.4. The molecule has 43 heavy (non-hydrogen) atoms. The molecule has 9 heteroatoms. The van der Waals surface area contributed by atoms with E-state index in [-0.39, 0.29) is 31.6 Å². The molecular formula is C34H49N3O6. The van der Waals surface area contributed by atoms with Gasteiger partial charge >= 0.3 is 5.97 Å². The van der Waals surface area contributed by atoms with E-state index in [0.717, 1.165) is 18.8 Å². The Morgan fingerprint density at radius 2 is 1.79 bits per heavy atom. The van der Waals surface area contributed by atoms with Gasteiger partial charge < -0.3 is 29.3 Å². The van der Waals surface area contributed by atoms with Crippen LogP contribution in [0.1, 0.15) is 66.2 Å². The second-order valence-electron chi connectivity index (χ2n) is 11.8. The number of carbonyl (C=O) groups excluding carboxylic acids is 3. The number of allylic oxidation sites excluding steroid dienone is 1. The molecule has 236 valence electrons. The van der Waals surface area contributed by atoms with Gasteiger partial charge in [-0.1, -0.05) is 26.0 Å². The number of unbranched alkanes of at least 4 members (excludes halogenated alkanes) is 1. The molecule has 1 aromatic carbocycles. The quantitative estimate of drug-likeness (QED) is 0.171. The maximum absolute atomic E-state index is 14.8. The van der Waals surface area contributed by atoms with Crippen LogP contribution in [0.5, 0.6) is 0 Å². The van der Waals surface area contributed by atoms with Crippen molar-refractivity contribution in [2.24, 2.45) is 11.8 Å². The zero-order valence-electron chi connectivity index (χ0n) is 26.3. The number of nitrogens with zero attached hydrogens (tertiary/aromatic N) is 3. The van der Waals surface area contributed by atoms with Gasteiger partial charge in [0.2, 0.25) is 5.91 Å². The van der Waals surface area contributed by atoms with E-state index in [1.54, 1.807) is 17.1 Å². The molecule has 0 aromatic heterocycles. The molecule has 1 aromatic rings. The molecule has 3 aliphatic rings. The molecule has 4 rings (SSSR count). The largest absolute Gasteiger partial charge is 0.465 e. The highest BCUT2D eigenvalue weighted by atomic mass is 16.6. The van der Waals surface area contributed by atoms with E-state index in [1.807, 2.05) is 38.1 Å². The van der Waals surface area contributed by atoms with Gasteiger partial charge in [-0.15, -0.1) is 13.2 Å². The minimum absolute atomic E-state index is 0.228. The Morgan fingerprint density at radius 1 is 1.12 bits per heavy atom. The number of fused-ring (bicyclic) bond motifs is 1. The maximum atomic E-state index is 14.8. The average Bonchev–Trinajstić information content (AvgIpc) is 3.63. The van der Waals surface area contributed by atoms with Gasteiger partial charge in [0.25, 0.3) is 5.91 Å². The molecule has 2 bridgehead atoms. The van der Waals surface area contributed by atoms with Crippen molar-refractivity contribution in [2.75, 3.05) is 42.6 Å². The zero-order valence-corrected chi connectivity index (χ0v) is 26.3. The van der Waals surface area contributed by atoms with Crippen LogP contribution in [0.25, 0.3) is 0 Å². The summed E-state index contributed by atoms with van der Waals surface area (Å²) in [7, 11) is 0. The number of carbonyl (C=O) groups is 3. The first kappa shape index (κ1) is 32.7. The number of hydrogen-bond donors (Lipinski definition) is 1. The van der Waals surface area contributed by atoms with Crippen molar-refractivity contribution in [3.8, 4) is 0 Å². The third-order valence-electron chi connectivity index (χ3n) is 9.85. The molecule has 1 N–H and O–H groups in total. The average molecular weight is 596 g/mol. The summed E-state index contributed by atoms with van der Waals surface area (Å²) in [5.41, 5.74) is -0.339. The number of amides is 2. The molecule has 0 aliphatic carbocycles. The van der Waals surface area contributed by atoms with Gasteiger partial charge in [-0.05, 0) is 76.6 Å².